The third kappa shape index (κ3) is 3.82. The Kier molecular flexibility index (Phi) is 5.50. The molecule has 0 radical (unpaired) electrons. The lowest BCUT2D eigenvalue weighted by molar-refractivity contribution is -0.383. The molecule has 9 heteroatoms. The first-order valence-electron chi connectivity index (χ1n) is 8.66. The van der Waals surface area contributed by atoms with E-state index in [4.69, 9.17) is 0 Å². The number of hydrogen-bond acceptors (Lipinski definition) is 5. The number of rotatable bonds is 6. The number of carbonyl (C=O) groups excluding carboxylic acids is 1. The van der Waals surface area contributed by atoms with E-state index >= 15 is 0 Å². The van der Waals surface area contributed by atoms with E-state index in [1.54, 1.807) is 16.8 Å². The summed E-state index contributed by atoms with van der Waals surface area (Å²) in [5.41, 5.74) is 1.37. The molecule has 3 rings (SSSR count). The van der Waals surface area contributed by atoms with E-state index in [-0.39, 0.29) is 22.7 Å². The molecule has 0 saturated heterocycles. The van der Waals surface area contributed by atoms with Crippen molar-refractivity contribution in [2.75, 3.05) is 0 Å². The molecular weight excluding hydrogens is 371 g/mol. The highest BCUT2D eigenvalue weighted by molar-refractivity contribution is 7.18. The fraction of sp³-hybridized carbons (Fsp3) is 0.333. The van der Waals surface area contributed by atoms with E-state index < -0.39 is 16.7 Å². The number of halogens is 1. The molecule has 7 nitrogen and oxygen atoms in total. The summed E-state index contributed by atoms with van der Waals surface area (Å²) in [6.45, 7) is 4.40. The maximum Gasteiger partial charge on any atom is 0.290 e. The van der Waals surface area contributed by atoms with Gasteiger partial charge in [-0.1, -0.05) is 13.0 Å². The van der Waals surface area contributed by atoms with Crippen molar-refractivity contribution < 1.29 is 14.1 Å². The van der Waals surface area contributed by atoms with Crippen LogP contribution in [-0.2, 0) is 13.0 Å². The Morgan fingerprint density at radius 3 is 2.85 bits per heavy atom. The first-order chi connectivity index (χ1) is 12.9. The van der Waals surface area contributed by atoms with Crippen LogP contribution in [0.15, 0.2) is 35.8 Å². The summed E-state index contributed by atoms with van der Waals surface area (Å²) in [6.07, 6.45) is 4.80. The zero-order valence-electron chi connectivity index (χ0n) is 15.0. The number of hydrogen-bond donors (Lipinski definition) is 1. The quantitative estimate of drug-likeness (QED) is 0.586. The summed E-state index contributed by atoms with van der Waals surface area (Å²) < 4.78 is 15.5. The predicted molar refractivity (Wildman–Crippen MR) is 101 cm³/mol. The van der Waals surface area contributed by atoms with Crippen LogP contribution in [0.4, 0.5) is 10.1 Å². The Hall–Kier alpha value is -2.81. The highest BCUT2D eigenvalue weighted by atomic mass is 32.1. The molecule has 0 aromatic carbocycles. The van der Waals surface area contributed by atoms with Gasteiger partial charge in [0.1, 0.15) is 10.7 Å². The van der Waals surface area contributed by atoms with Gasteiger partial charge in [0.05, 0.1) is 26.9 Å². The number of nitro groups is 1. The first kappa shape index (κ1) is 19.0. The van der Waals surface area contributed by atoms with Gasteiger partial charge in [0.15, 0.2) is 0 Å². The molecule has 2 aromatic heterocycles. The monoisotopic (exact) mass is 390 g/mol. The number of carbonyl (C=O) groups is 1. The fourth-order valence-corrected chi connectivity index (χ4v) is 3.85. The first-order valence-corrected chi connectivity index (χ1v) is 9.48. The van der Waals surface area contributed by atoms with Gasteiger partial charge in [0.25, 0.3) is 11.6 Å². The highest BCUT2D eigenvalue weighted by Crippen LogP contribution is 2.38. The molecule has 142 valence electrons. The van der Waals surface area contributed by atoms with Crippen LogP contribution in [0.5, 0.6) is 0 Å². The molecular formula is C18H19FN4O3S. The number of thiophene rings is 1. The zero-order valence-corrected chi connectivity index (χ0v) is 15.8. The van der Waals surface area contributed by atoms with E-state index in [1.165, 1.54) is 12.1 Å². The Morgan fingerprint density at radius 2 is 2.22 bits per heavy atom. The van der Waals surface area contributed by atoms with Gasteiger partial charge in [0, 0.05) is 19.0 Å². The van der Waals surface area contributed by atoms with Crippen LogP contribution in [0.3, 0.4) is 0 Å². The molecule has 2 heterocycles. The van der Waals surface area contributed by atoms with E-state index in [9.17, 15) is 19.3 Å². The number of allylic oxidation sites excluding steroid dienone is 3. The van der Waals surface area contributed by atoms with Crippen molar-refractivity contribution in [3.8, 4) is 10.6 Å². The van der Waals surface area contributed by atoms with E-state index in [2.05, 4.69) is 10.4 Å². The lowest BCUT2D eigenvalue weighted by Crippen LogP contribution is -2.22. The Bertz CT molecular complexity index is 958. The van der Waals surface area contributed by atoms with Gasteiger partial charge in [-0.25, -0.2) is 4.39 Å². The molecule has 2 aromatic rings. The van der Waals surface area contributed by atoms with E-state index in [0.717, 1.165) is 17.0 Å². The van der Waals surface area contributed by atoms with Crippen LogP contribution in [-0.4, -0.2) is 20.6 Å². The lowest BCUT2D eigenvalue weighted by atomic mass is 10.1. The minimum atomic E-state index is -0.565. The molecule has 0 bridgehead atoms. The van der Waals surface area contributed by atoms with Crippen LogP contribution in [0.25, 0.3) is 10.6 Å². The molecule has 0 spiro atoms. The molecule has 1 amide bonds. The van der Waals surface area contributed by atoms with Gasteiger partial charge in [0.2, 0.25) is 0 Å². The standard InChI is InChI=1S/C18H19FN4O3S/c1-3-11-9-14(22(4-2)21-11)17-15(23(25)26)10-16(27-17)18(24)20-13-8-6-5-7-12(13)19/h6,8-10H,3-5,7H2,1-2H3,(H,20,24). The van der Waals surface area contributed by atoms with Gasteiger partial charge in [-0.2, -0.15) is 5.10 Å². The van der Waals surface area contributed by atoms with Crippen LogP contribution in [0.2, 0.25) is 0 Å². The molecule has 1 aliphatic rings. The Labute approximate surface area is 159 Å². The molecule has 1 aliphatic carbocycles. The number of nitrogens with one attached hydrogen (secondary N) is 1. The molecule has 0 unspecified atom stereocenters. The molecule has 27 heavy (non-hydrogen) atoms. The summed E-state index contributed by atoms with van der Waals surface area (Å²) in [7, 11) is 0. The zero-order chi connectivity index (χ0) is 19.6. The summed E-state index contributed by atoms with van der Waals surface area (Å²) in [5, 5.41) is 18.4. The minimum absolute atomic E-state index is 0.107. The van der Waals surface area contributed by atoms with E-state index in [0.29, 0.717) is 30.0 Å². The van der Waals surface area contributed by atoms with Crippen molar-refractivity contribution in [1.29, 1.82) is 0 Å². The highest BCUT2D eigenvalue weighted by Gasteiger charge is 2.26. The second-order valence-electron chi connectivity index (χ2n) is 5.99. The largest absolute Gasteiger partial charge is 0.319 e. The molecule has 0 saturated carbocycles. The average molecular weight is 390 g/mol. The van der Waals surface area contributed by atoms with Crippen LogP contribution in [0, 0.1) is 10.1 Å². The van der Waals surface area contributed by atoms with Gasteiger partial charge in [-0.05, 0) is 31.9 Å². The van der Waals surface area contributed by atoms with Gasteiger partial charge in [-0.15, -0.1) is 11.3 Å². The van der Waals surface area contributed by atoms with Crippen molar-refractivity contribution in [3.05, 3.63) is 56.5 Å². The van der Waals surface area contributed by atoms with Crippen LogP contribution in [0.1, 0.15) is 42.1 Å². The number of aryl methyl sites for hydroxylation is 2. The Morgan fingerprint density at radius 1 is 1.44 bits per heavy atom. The molecule has 0 fully saturated rings. The number of aromatic nitrogens is 2. The van der Waals surface area contributed by atoms with Crippen LogP contribution >= 0.6 is 11.3 Å². The van der Waals surface area contributed by atoms with Crippen molar-refractivity contribution >= 4 is 22.9 Å². The van der Waals surface area contributed by atoms with Crippen LogP contribution < -0.4 is 5.32 Å². The summed E-state index contributed by atoms with van der Waals surface area (Å²) >= 11 is 1.01. The number of amides is 1. The van der Waals surface area contributed by atoms with Crippen molar-refractivity contribution in [1.82, 2.24) is 15.1 Å². The normalized spacial score (nSPS) is 13.9. The van der Waals surface area contributed by atoms with E-state index in [1.807, 2.05) is 13.8 Å². The molecule has 0 aliphatic heterocycles. The maximum atomic E-state index is 13.8. The van der Waals surface area contributed by atoms with Gasteiger partial charge >= 0.3 is 0 Å². The maximum absolute atomic E-state index is 13.8. The summed E-state index contributed by atoms with van der Waals surface area (Å²) in [6, 6.07) is 3.04. The lowest BCUT2D eigenvalue weighted by Gasteiger charge is -2.10. The van der Waals surface area contributed by atoms with Crippen molar-refractivity contribution in [2.24, 2.45) is 0 Å². The second-order valence-corrected chi connectivity index (χ2v) is 7.04. The van der Waals surface area contributed by atoms with Crippen molar-refractivity contribution in [2.45, 2.75) is 39.7 Å². The third-order valence-corrected chi connectivity index (χ3v) is 5.36. The molecule has 1 N–H and O–H groups in total. The number of nitrogens with zero attached hydrogens (tertiary/aromatic N) is 3. The fourth-order valence-electron chi connectivity index (χ4n) is 2.81. The smallest absolute Gasteiger partial charge is 0.290 e. The predicted octanol–water partition coefficient (Wildman–Crippen LogP) is 4.36. The summed E-state index contributed by atoms with van der Waals surface area (Å²) in [4.78, 5) is 24.0. The molecule has 0 atom stereocenters. The third-order valence-electron chi connectivity index (χ3n) is 4.21. The van der Waals surface area contributed by atoms with Crippen molar-refractivity contribution in [3.63, 3.8) is 0 Å². The average Bonchev–Trinajstić information content (AvgIpc) is 3.27. The Balaban J connectivity index is 1.99. The topological polar surface area (TPSA) is 90.1 Å². The summed E-state index contributed by atoms with van der Waals surface area (Å²) in [5.74, 6) is -0.960. The second kappa shape index (κ2) is 7.83. The minimum Gasteiger partial charge on any atom is -0.319 e. The van der Waals surface area contributed by atoms with Gasteiger partial charge < -0.3 is 5.32 Å². The SMILES string of the molecule is CCc1cc(-c2sc(C(=O)NC3=C(F)CCC=C3)cc2[N+](=O)[O-])n(CC)n1. The van der Waals surface area contributed by atoms with Gasteiger partial charge in [-0.3, -0.25) is 19.6 Å².